The van der Waals surface area contributed by atoms with Crippen LogP contribution >= 0.6 is 11.3 Å². The predicted octanol–water partition coefficient (Wildman–Crippen LogP) is 1.95. The molecule has 3 rings (SSSR count). The summed E-state index contributed by atoms with van der Waals surface area (Å²) in [5.41, 5.74) is 14.1. The maximum Gasteiger partial charge on any atom is 0.171 e. The number of thiophene rings is 1. The number of nitrogen functional groups attached to an aromatic ring is 1. The first-order chi connectivity index (χ1) is 8.58. The third kappa shape index (κ3) is 1.91. The molecule has 98 valence electrons. The highest BCUT2D eigenvalue weighted by Crippen LogP contribution is 2.52. The molecule has 1 saturated heterocycles. The van der Waals surface area contributed by atoms with Crippen LogP contribution in [0, 0.1) is 0 Å². The first-order valence-electron chi connectivity index (χ1n) is 6.51. The molecule has 5 heteroatoms. The number of hydrogen-bond donors (Lipinski definition) is 2. The fourth-order valence-electron chi connectivity index (χ4n) is 2.68. The third-order valence-corrected chi connectivity index (χ3v) is 5.16. The first-order valence-corrected chi connectivity index (χ1v) is 7.33. The van der Waals surface area contributed by atoms with Gasteiger partial charge in [-0.2, -0.15) is 0 Å². The molecule has 2 fully saturated rings. The molecule has 1 unspecified atom stereocenters. The number of ketones is 1. The summed E-state index contributed by atoms with van der Waals surface area (Å²) in [4.78, 5) is 14.7. The molecule has 2 heterocycles. The zero-order chi connectivity index (χ0) is 12.9. The summed E-state index contributed by atoms with van der Waals surface area (Å²) in [5, 5.41) is 1.20. The molecule has 1 atom stereocenters. The fraction of sp³-hybridized carbons (Fsp3) is 0.615. The van der Waals surface area contributed by atoms with Crippen LogP contribution in [0.1, 0.15) is 47.3 Å². The van der Waals surface area contributed by atoms with Gasteiger partial charge in [-0.1, -0.05) is 0 Å². The van der Waals surface area contributed by atoms with Crippen molar-refractivity contribution in [2.75, 3.05) is 23.7 Å². The fourth-order valence-corrected chi connectivity index (χ4v) is 3.92. The number of carbonyl (C=O) groups is 1. The van der Waals surface area contributed by atoms with Crippen LogP contribution in [-0.2, 0) is 0 Å². The highest BCUT2D eigenvalue weighted by atomic mass is 32.1. The SMILES string of the molecule is CC(=O)c1sc(N2CCC(N)C2)c(C2CC2)c1N. The summed E-state index contributed by atoms with van der Waals surface area (Å²) in [6.07, 6.45) is 3.42. The molecule has 0 radical (unpaired) electrons. The molecule has 1 aliphatic carbocycles. The molecular formula is C13H19N3OS. The summed E-state index contributed by atoms with van der Waals surface area (Å²) < 4.78 is 0. The van der Waals surface area contributed by atoms with Crippen LogP contribution in [0.25, 0.3) is 0 Å². The zero-order valence-corrected chi connectivity index (χ0v) is 11.4. The van der Waals surface area contributed by atoms with Gasteiger partial charge in [0.25, 0.3) is 0 Å². The zero-order valence-electron chi connectivity index (χ0n) is 10.6. The van der Waals surface area contributed by atoms with E-state index in [0.717, 1.165) is 30.1 Å². The van der Waals surface area contributed by atoms with Gasteiger partial charge >= 0.3 is 0 Å². The van der Waals surface area contributed by atoms with Gasteiger partial charge in [0.15, 0.2) is 5.78 Å². The van der Waals surface area contributed by atoms with E-state index in [2.05, 4.69) is 4.90 Å². The Hall–Kier alpha value is -1.07. The van der Waals surface area contributed by atoms with Crippen molar-refractivity contribution < 1.29 is 4.79 Å². The van der Waals surface area contributed by atoms with Crippen LogP contribution in [0.3, 0.4) is 0 Å². The van der Waals surface area contributed by atoms with Crippen molar-refractivity contribution in [3.63, 3.8) is 0 Å². The molecule has 1 aromatic heterocycles. The van der Waals surface area contributed by atoms with E-state index in [-0.39, 0.29) is 11.8 Å². The minimum absolute atomic E-state index is 0.0779. The third-order valence-electron chi connectivity index (χ3n) is 3.78. The maximum atomic E-state index is 11.6. The van der Waals surface area contributed by atoms with Crippen LogP contribution in [0.4, 0.5) is 10.7 Å². The normalized spacial score (nSPS) is 23.7. The van der Waals surface area contributed by atoms with Crippen LogP contribution in [0.2, 0.25) is 0 Å². The number of rotatable bonds is 3. The summed E-state index contributed by atoms with van der Waals surface area (Å²) in [7, 11) is 0. The molecule has 0 aromatic carbocycles. The lowest BCUT2D eigenvalue weighted by molar-refractivity contribution is 0.102. The molecule has 18 heavy (non-hydrogen) atoms. The number of Topliss-reactive ketones (excluding diaryl/α,β-unsaturated/α-hetero) is 1. The minimum atomic E-state index is 0.0779. The molecule has 1 aliphatic heterocycles. The highest BCUT2D eigenvalue weighted by Gasteiger charge is 2.35. The molecular weight excluding hydrogens is 246 g/mol. The van der Waals surface area contributed by atoms with Gasteiger partial charge in [-0.3, -0.25) is 4.79 Å². The maximum absolute atomic E-state index is 11.6. The molecule has 4 N–H and O–H groups in total. The number of nitrogens with two attached hydrogens (primary N) is 2. The van der Waals surface area contributed by atoms with Gasteiger partial charge in [-0.15, -0.1) is 11.3 Å². The van der Waals surface area contributed by atoms with E-state index in [0.29, 0.717) is 5.92 Å². The average Bonchev–Trinajstić information content (AvgIpc) is 2.95. The molecule has 1 saturated carbocycles. The van der Waals surface area contributed by atoms with Crippen molar-refractivity contribution in [3.8, 4) is 0 Å². The van der Waals surface area contributed by atoms with Crippen molar-refractivity contribution in [1.82, 2.24) is 0 Å². The Morgan fingerprint density at radius 1 is 1.39 bits per heavy atom. The van der Waals surface area contributed by atoms with Gasteiger partial charge < -0.3 is 16.4 Å². The van der Waals surface area contributed by atoms with Crippen molar-refractivity contribution >= 4 is 27.8 Å². The second-order valence-corrected chi connectivity index (χ2v) is 6.39. The van der Waals surface area contributed by atoms with Crippen molar-refractivity contribution in [1.29, 1.82) is 0 Å². The number of anilines is 2. The van der Waals surface area contributed by atoms with Crippen molar-refractivity contribution in [2.24, 2.45) is 5.73 Å². The van der Waals surface area contributed by atoms with E-state index in [1.54, 1.807) is 18.3 Å². The lowest BCUT2D eigenvalue weighted by Gasteiger charge is -2.18. The van der Waals surface area contributed by atoms with Crippen molar-refractivity contribution in [2.45, 2.75) is 38.1 Å². The van der Waals surface area contributed by atoms with Crippen LogP contribution < -0.4 is 16.4 Å². The molecule has 0 spiro atoms. The highest BCUT2D eigenvalue weighted by molar-refractivity contribution is 7.18. The smallest absolute Gasteiger partial charge is 0.171 e. The Labute approximate surface area is 111 Å². The van der Waals surface area contributed by atoms with Gasteiger partial charge in [0.1, 0.15) is 0 Å². The Morgan fingerprint density at radius 3 is 2.61 bits per heavy atom. The van der Waals surface area contributed by atoms with E-state index in [9.17, 15) is 4.79 Å². The second-order valence-electron chi connectivity index (χ2n) is 5.39. The van der Waals surface area contributed by atoms with Crippen LogP contribution in [0.15, 0.2) is 0 Å². The number of carbonyl (C=O) groups excluding carboxylic acids is 1. The summed E-state index contributed by atoms with van der Waals surface area (Å²) in [6, 6.07) is 0.251. The predicted molar refractivity (Wildman–Crippen MR) is 75.5 cm³/mol. The summed E-state index contributed by atoms with van der Waals surface area (Å²) >= 11 is 1.56. The quantitative estimate of drug-likeness (QED) is 0.819. The van der Waals surface area contributed by atoms with Crippen LogP contribution in [0.5, 0.6) is 0 Å². The van der Waals surface area contributed by atoms with E-state index in [4.69, 9.17) is 11.5 Å². The largest absolute Gasteiger partial charge is 0.397 e. The number of hydrogen-bond acceptors (Lipinski definition) is 5. The molecule has 0 bridgehead atoms. The molecule has 2 aliphatic rings. The molecule has 1 aromatic rings. The number of nitrogens with zero attached hydrogens (tertiary/aromatic N) is 1. The molecule has 0 amide bonds. The van der Waals surface area contributed by atoms with Gasteiger partial charge in [0, 0.05) is 31.6 Å². The summed E-state index contributed by atoms with van der Waals surface area (Å²) in [5.74, 6) is 0.648. The minimum Gasteiger partial charge on any atom is -0.397 e. The Balaban J connectivity index is 2.01. The van der Waals surface area contributed by atoms with Gasteiger partial charge in [0.05, 0.1) is 15.6 Å². The average molecular weight is 265 g/mol. The van der Waals surface area contributed by atoms with Crippen molar-refractivity contribution in [3.05, 3.63) is 10.4 Å². The standard InChI is InChI=1S/C13H19N3OS/c1-7(17)12-11(15)10(8-2-3-8)13(18-12)16-5-4-9(14)6-16/h8-9H,2-6,14-15H2,1H3. The Bertz CT molecular complexity index is 493. The van der Waals surface area contributed by atoms with Crippen LogP contribution in [-0.4, -0.2) is 24.9 Å². The van der Waals surface area contributed by atoms with Gasteiger partial charge in [-0.25, -0.2) is 0 Å². The Kier molecular flexibility index (Phi) is 2.83. The first kappa shape index (κ1) is 12.0. The van der Waals surface area contributed by atoms with E-state index < -0.39 is 0 Å². The lowest BCUT2D eigenvalue weighted by atomic mass is 10.1. The monoisotopic (exact) mass is 265 g/mol. The molecule has 4 nitrogen and oxygen atoms in total. The van der Waals surface area contributed by atoms with Gasteiger partial charge in [0.2, 0.25) is 0 Å². The topological polar surface area (TPSA) is 72.3 Å². The lowest BCUT2D eigenvalue weighted by Crippen LogP contribution is -2.26. The van der Waals surface area contributed by atoms with E-state index in [1.165, 1.54) is 23.4 Å². The second kappa shape index (κ2) is 4.24. The van der Waals surface area contributed by atoms with E-state index in [1.807, 2.05) is 0 Å². The summed E-state index contributed by atoms with van der Waals surface area (Å²) in [6.45, 7) is 3.47. The van der Waals surface area contributed by atoms with E-state index >= 15 is 0 Å². The van der Waals surface area contributed by atoms with Gasteiger partial charge in [-0.05, 0) is 25.2 Å². The Morgan fingerprint density at radius 2 is 2.11 bits per heavy atom.